The van der Waals surface area contributed by atoms with Gasteiger partial charge in [0.15, 0.2) is 5.75 Å². The van der Waals surface area contributed by atoms with Crippen molar-refractivity contribution in [1.29, 1.82) is 0 Å². The van der Waals surface area contributed by atoms with E-state index in [1.54, 1.807) is 23.2 Å². The lowest BCUT2D eigenvalue weighted by molar-refractivity contribution is 0.0987. The molecule has 6 nitrogen and oxygen atoms in total. The van der Waals surface area contributed by atoms with Crippen molar-refractivity contribution < 1.29 is 14.3 Å². The maximum atomic E-state index is 13.6. The van der Waals surface area contributed by atoms with Gasteiger partial charge in [-0.25, -0.2) is 0 Å². The Morgan fingerprint density at radius 2 is 2.00 bits per heavy atom. The Labute approximate surface area is 196 Å². The van der Waals surface area contributed by atoms with Crippen molar-refractivity contribution in [3.8, 4) is 28.4 Å². The number of fused-ring (bicyclic) bond motifs is 1. The number of anilines is 1. The van der Waals surface area contributed by atoms with Crippen LogP contribution in [0.4, 0.5) is 5.69 Å². The van der Waals surface area contributed by atoms with Gasteiger partial charge in [-0.1, -0.05) is 35.9 Å². The summed E-state index contributed by atoms with van der Waals surface area (Å²) in [6, 6.07) is 18.5. The molecule has 7 heteroatoms. The van der Waals surface area contributed by atoms with Crippen LogP contribution < -0.4 is 14.4 Å². The van der Waals surface area contributed by atoms with Crippen LogP contribution in [0.25, 0.3) is 11.1 Å². The van der Waals surface area contributed by atoms with Crippen LogP contribution in [0.1, 0.15) is 22.3 Å². The fraction of sp³-hybridized carbons (Fsp3) is 0.154. The Morgan fingerprint density at radius 3 is 2.85 bits per heavy atom. The highest BCUT2D eigenvalue weighted by molar-refractivity contribution is 6.31. The quantitative estimate of drug-likeness (QED) is 0.391. The fourth-order valence-corrected chi connectivity index (χ4v) is 4.08. The third-order valence-electron chi connectivity index (χ3n) is 5.64. The Morgan fingerprint density at radius 1 is 1.15 bits per heavy atom. The standard InChI is InChI=1S/C26H22ClN3O3/c1-17-22(27)9-4-11-24(17)33-20-7-2-6-18(14-20)26(31)30-12-5-13-32-25-21(8-3-10-23(25)30)19-15-28-29-16-19/h2-4,6-11,14-16H,5,12-13H2,1H3,(H,28,29). The van der Waals surface area contributed by atoms with Crippen LogP contribution in [0.3, 0.4) is 0 Å². The second-order valence-electron chi connectivity index (χ2n) is 7.79. The average Bonchev–Trinajstić information content (AvgIpc) is 3.28. The van der Waals surface area contributed by atoms with Crippen molar-refractivity contribution in [2.45, 2.75) is 13.3 Å². The van der Waals surface area contributed by atoms with Gasteiger partial charge in [-0.05, 0) is 49.7 Å². The third-order valence-corrected chi connectivity index (χ3v) is 6.05. The number of ether oxygens (including phenoxy) is 2. The fourth-order valence-electron chi connectivity index (χ4n) is 3.92. The lowest BCUT2D eigenvalue weighted by Gasteiger charge is -2.23. The monoisotopic (exact) mass is 459 g/mol. The minimum absolute atomic E-state index is 0.112. The Hall–Kier alpha value is -3.77. The predicted octanol–water partition coefficient (Wildman–Crippen LogP) is 6.26. The smallest absolute Gasteiger partial charge is 0.258 e. The highest BCUT2D eigenvalue weighted by atomic mass is 35.5. The summed E-state index contributed by atoms with van der Waals surface area (Å²) in [7, 11) is 0. The molecule has 3 aromatic carbocycles. The molecule has 0 bridgehead atoms. The van der Waals surface area contributed by atoms with Gasteiger partial charge in [-0.3, -0.25) is 9.89 Å². The summed E-state index contributed by atoms with van der Waals surface area (Å²) in [4.78, 5) is 15.4. The maximum absolute atomic E-state index is 13.6. The molecule has 0 saturated carbocycles. The molecule has 166 valence electrons. The number of carbonyl (C=O) groups excluding carboxylic acids is 1. The van der Waals surface area contributed by atoms with Gasteiger partial charge in [-0.2, -0.15) is 5.10 Å². The Balaban J connectivity index is 1.48. The van der Waals surface area contributed by atoms with Gasteiger partial charge in [0.25, 0.3) is 5.91 Å². The zero-order valence-electron chi connectivity index (χ0n) is 18.0. The summed E-state index contributed by atoms with van der Waals surface area (Å²) in [5, 5.41) is 7.51. The van der Waals surface area contributed by atoms with E-state index in [9.17, 15) is 4.79 Å². The van der Waals surface area contributed by atoms with Crippen molar-refractivity contribution in [1.82, 2.24) is 10.2 Å². The Kier molecular flexibility index (Phi) is 5.75. The van der Waals surface area contributed by atoms with Crippen molar-refractivity contribution in [3.63, 3.8) is 0 Å². The number of rotatable bonds is 4. The van der Waals surface area contributed by atoms with Gasteiger partial charge in [0.1, 0.15) is 11.5 Å². The van der Waals surface area contributed by atoms with Gasteiger partial charge in [-0.15, -0.1) is 0 Å². The number of benzene rings is 3. The number of carbonyl (C=O) groups is 1. The number of nitrogens with one attached hydrogen (secondary N) is 1. The molecule has 0 fully saturated rings. The van der Waals surface area contributed by atoms with Crippen LogP contribution in [0, 0.1) is 6.92 Å². The Bertz CT molecular complexity index is 1300. The third kappa shape index (κ3) is 4.17. The van der Waals surface area contributed by atoms with Crippen molar-refractivity contribution in [2.75, 3.05) is 18.1 Å². The predicted molar refractivity (Wildman–Crippen MR) is 129 cm³/mol. The van der Waals surface area contributed by atoms with Gasteiger partial charge in [0, 0.05) is 40.0 Å². The number of para-hydroxylation sites is 1. The number of halogens is 1. The van der Waals surface area contributed by atoms with Gasteiger partial charge in [0.05, 0.1) is 18.5 Å². The van der Waals surface area contributed by atoms with E-state index in [0.29, 0.717) is 41.0 Å². The summed E-state index contributed by atoms with van der Waals surface area (Å²) in [6.07, 6.45) is 4.28. The molecule has 0 saturated heterocycles. The molecule has 4 aromatic rings. The molecule has 0 spiro atoms. The molecule has 1 N–H and O–H groups in total. The normalized spacial score (nSPS) is 13.1. The topological polar surface area (TPSA) is 67.4 Å². The second-order valence-corrected chi connectivity index (χ2v) is 8.20. The molecular weight excluding hydrogens is 438 g/mol. The molecule has 0 unspecified atom stereocenters. The summed E-state index contributed by atoms with van der Waals surface area (Å²) >= 11 is 6.22. The van der Waals surface area contributed by atoms with Crippen LogP contribution in [0.5, 0.6) is 17.2 Å². The minimum Gasteiger partial charge on any atom is -0.491 e. The molecule has 33 heavy (non-hydrogen) atoms. The SMILES string of the molecule is Cc1c(Cl)cccc1Oc1cccc(C(=O)N2CCCOc3c(-c4cn[nH]c4)cccc32)c1. The molecule has 1 aliphatic rings. The van der Waals surface area contributed by atoms with Crippen LogP contribution in [-0.4, -0.2) is 29.3 Å². The summed E-state index contributed by atoms with van der Waals surface area (Å²) in [5.74, 6) is 1.81. The number of hydrogen-bond donors (Lipinski definition) is 1. The largest absolute Gasteiger partial charge is 0.491 e. The lowest BCUT2D eigenvalue weighted by Crippen LogP contribution is -2.31. The highest BCUT2D eigenvalue weighted by Gasteiger charge is 2.26. The van der Waals surface area contributed by atoms with Crippen LogP contribution in [0.15, 0.2) is 73.1 Å². The summed E-state index contributed by atoms with van der Waals surface area (Å²) in [5.41, 5.74) is 3.94. The molecule has 5 rings (SSSR count). The van der Waals surface area contributed by atoms with Gasteiger partial charge < -0.3 is 14.4 Å². The molecule has 1 aromatic heterocycles. The highest BCUT2D eigenvalue weighted by Crippen LogP contribution is 2.40. The molecule has 1 aliphatic heterocycles. The number of nitrogens with zero attached hydrogens (tertiary/aromatic N) is 2. The van der Waals surface area contributed by atoms with E-state index in [-0.39, 0.29) is 5.91 Å². The van der Waals surface area contributed by atoms with Crippen LogP contribution in [-0.2, 0) is 0 Å². The van der Waals surface area contributed by atoms with Crippen LogP contribution >= 0.6 is 11.6 Å². The van der Waals surface area contributed by atoms with E-state index in [4.69, 9.17) is 21.1 Å². The zero-order valence-corrected chi connectivity index (χ0v) is 18.8. The molecule has 1 amide bonds. The molecule has 2 heterocycles. The van der Waals surface area contributed by atoms with E-state index in [1.807, 2.05) is 61.7 Å². The van der Waals surface area contributed by atoms with Gasteiger partial charge in [0.2, 0.25) is 0 Å². The molecule has 0 radical (unpaired) electrons. The molecule has 0 atom stereocenters. The summed E-state index contributed by atoms with van der Waals surface area (Å²) < 4.78 is 12.1. The average molecular weight is 460 g/mol. The number of aromatic amines is 1. The van der Waals surface area contributed by atoms with E-state index in [0.717, 1.165) is 28.8 Å². The van der Waals surface area contributed by atoms with E-state index in [1.165, 1.54) is 0 Å². The molecule has 0 aliphatic carbocycles. The van der Waals surface area contributed by atoms with Crippen molar-refractivity contribution in [2.24, 2.45) is 0 Å². The zero-order chi connectivity index (χ0) is 22.8. The number of aromatic nitrogens is 2. The maximum Gasteiger partial charge on any atom is 0.258 e. The first kappa shape index (κ1) is 21.1. The number of hydrogen-bond acceptors (Lipinski definition) is 4. The lowest BCUT2D eigenvalue weighted by atomic mass is 10.1. The van der Waals surface area contributed by atoms with E-state index < -0.39 is 0 Å². The molecular formula is C26H22ClN3O3. The number of H-pyrrole nitrogens is 1. The van der Waals surface area contributed by atoms with E-state index in [2.05, 4.69) is 10.2 Å². The summed E-state index contributed by atoms with van der Waals surface area (Å²) in [6.45, 7) is 2.99. The van der Waals surface area contributed by atoms with E-state index >= 15 is 0 Å². The first-order valence-corrected chi connectivity index (χ1v) is 11.1. The van der Waals surface area contributed by atoms with Gasteiger partial charge >= 0.3 is 0 Å². The van der Waals surface area contributed by atoms with Crippen molar-refractivity contribution in [3.05, 3.63) is 89.2 Å². The van der Waals surface area contributed by atoms with Crippen molar-refractivity contribution >= 4 is 23.2 Å². The minimum atomic E-state index is -0.112. The first-order valence-electron chi connectivity index (χ1n) is 10.7. The second kappa shape index (κ2) is 9.00. The van der Waals surface area contributed by atoms with Crippen LogP contribution in [0.2, 0.25) is 5.02 Å². The number of amides is 1. The first-order chi connectivity index (χ1) is 16.1.